The molecule has 0 saturated carbocycles. The van der Waals surface area contributed by atoms with Crippen LogP contribution in [0.3, 0.4) is 0 Å². The number of rotatable bonds is 20. The first-order valence-corrected chi connectivity index (χ1v) is 15.3. The summed E-state index contributed by atoms with van der Waals surface area (Å²) in [6, 6.07) is 17.5. The van der Waals surface area contributed by atoms with Crippen LogP contribution in [0.25, 0.3) is 0 Å². The molecule has 2 amide bonds. The number of nitrogens with one attached hydrogen (secondary N) is 2. The fourth-order valence-corrected chi connectivity index (χ4v) is 4.77. The van der Waals surface area contributed by atoms with Gasteiger partial charge in [0.15, 0.2) is 0 Å². The summed E-state index contributed by atoms with van der Waals surface area (Å²) in [5.41, 5.74) is 3.05. The van der Waals surface area contributed by atoms with Gasteiger partial charge in [0.2, 0.25) is 11.8 Å². The van der Waals surface area contributed by atoms with Crippen LogP contribution in [0, 0.1) is 11.8 Å². The van der Waals surface area contributed by atoms with Crippen molar-refractivity contribution in [3.63, 3.8) is 0 Å². The van der Waals surface area contributed by atoms with Gasteiger partial charge in [-0.25, -0.2) is 0 Å². The molecule has 0 aromatic heterocycles. The SMILES string of the molecule is CCCCOC(=O)C(CCCCC(=O)OC)C[C@@H](CCc1ccc(CCC)cc1)C(=O)NCC(=O)Nc1ccccc1. The van der Waals surface area contributed by atoms with E-state index < -0.39 is 11.8 Å². The Hall–Kier alpha value is -3.68. The van der Waals surface area contributed by atoms with Gasteiger partial charge in [0.05, 0.1) is 26.2 Å². The van der Waals surface area contributed by atoms with E-state index in [2.05, 4.69) is 41.8 Å². The Morgan fingerprint density at radius 2 is 1.48 bits per heavy atom. The van der Waals surface area contributed by atoms with Crippen LogP contribution in [-0.2, 0) is 41.5 Å². The molecule has 0 saturated heterocycles. The maximum Gasteiger partial charge on any atom is 0.308 e. The van der Waals surface area contributed by atoms with Crippen LogP contribution >= 0.6 is 0 Å². The topological polar surface area (TPSA) is 111 Å². The number of anilines is 1. The van der Waals surface area contributed by atoms with E-state index in [0.717, 1.165) is 31.2 Å². The van der Waals surface area contributed by atoms with E-state index in [4.69, 9.17) is 9.47 Å². The largest absolute Gasteiger partial charge is 0.469 e. The summed E-state index contributed by atoms with van der Waals surface area (Å²) in [7, 11) is 1.36. The molecular weight excluding hydrogens is 532 g/mol. The summed E-state index contributed by atoms with van der Waals surface area (Å²) in [4.78, 5) is 50.6. The molecule has 230 valence electrons. The van der Waals surface area contributed by atoms with Gasteiger partial charge in [0, 0.05) is 18.0 Å². The predicted octanol–water partition coefficient (Wildman–Crippen LogP) is 6.03. The highest BCUT2D eigenvalue weighted by Gasteiger charge is 2.28. The molecule has 2 aromatic carbocycles. The van der Waals surface area contributed by atoms with Crippen molar-refractivity contribution in [3.8, 4) is 0 Å². The summed E-state index contributed by atoms with van der Waals surface area (Å²) in [6.45, 7) is 4.35. The molecule has 0 spiro atoms. The fraction of sp³-hybridized carbons (Fsp3) is 0.529. The van der Waals surface area contributed by atoms with Crippen LogP contribution in [0.4, 0.5) is 5.69 Å². The van der Waals surface area contributed by atoms with Crippen molar-refractivity contribution in [2.24, 2.45) is 11.8 Å². The lowest BCUT2D eigenvalue weighted by molar-refractivity contribution is -0.150. The molecule has 0 aliphatic heterocycles. The van der Waals surface area contributed by atoms with E-state index in [0.29, 0.717) is 50.8 Å². The maximum absolute atomic E-state index is 13.4. The van der Waals surface area contributed by atoms with E-state index >= 15 is 0 Å². The van der Waals surface area contributed by atoms with Crippen LogP contribution in [0.1, 0.15) is 82.8 Å². The second-order valence-corrected chi connectivity index (χ2v) is 10.7. The Morgan fingerprint density at radius 1 is 0.786 bits per heavy atom. The van der Waals surface area contributed by atoms with Crippen molar-refractivity contribution < 1.29 is 28.7 Å². The number of hydrogen-bond donors (Lipinski definition) is 2. The molecule has 2 N–H and O–H groups in total. The standard InChI is InChI=1S/C34H48N2O6/c1-4-6-23-42-34(40)29(13-10-11-16-32(38)41-3)24-28(22-21-27-19-17-26(12-5-2)18-20-27)33(39)35-25-31(37)36-30-14-8-7-9-15-30/h7-9,14-15,17-20,28-29H,4-6,10-13,16,21-25H2,1-3H3,(H,35,39)(H,36,37)/t28-,29?/m1/s1. The highest BCUT2D eigenvalue weighted by molar-refractivity contribution is 5.94. The summed E-state index contributed by atoms with van der Waals surface area (Å²) in [5.74, 6) is -2.16. The molecule has 0 heterocycles. The number of amides is 2. The first kappa shape index (κ1) is 34.5. The number of methoxy groups -OCH3 is 1. The third kappa shape index (κ3) is 13.8. The number of esters is 2. The number of ether oxygens (including phenoxy) is 2. The molecule has 42 heavy (non-hydrogen) atoms. The number of aryl methyl sites for hydroxylation is 2. The number of carbonyl (C=O) groups is 4. The van der Waals surface area contributed by atoms with Crippen LogP contribution in [0.5, 0.6) is 0 Å². The molecule has 0 aliphatic rings. The summed E-state index contributed by atoms with van der Waals surface area (Å²) in [5, 5.41) is 5.57. The minimum absolute atomic E-state index is 0.166. The van der Waals surface area contributed by atoms with Gasteiger partial charge in [0.1, 0.15) is 0 Å². The Labute approximate surface area is 250 Å². The summed E-state index contributed by atoms with van der Waals surface area (Å²) in [6.07, 6.45) is 7.29. The minimum Gasteiger partial charge on any atom is -0.469 e. The molecule has 2 rings (SSSR count). The molecule has 8 nitrogen and oxygen atoms in total. The second-order valence-electron chi connectivity index (χ2n) is 10.7. The fourth-order valence-electron chi connectivity index (χ4n) is 4.77. The van der Waals surface area contributed by atoms with Gasteiger partial charge in [-0.05, 0) is 68.2 Å². The molecule has 2 atom stereocenters. The quantitative estimate of drug-likeness (QED) is 0.146. The Morgan fingerprint density at radius 3 is 2.12 bits per heavy atom. The lowest BCUT2D eigenvalue weighted by Gasteiger charge is -2.23. The first-order chi connectivity index (χ1) is 20.4. The minimum atomic E-state index is -0.492. The van der Waals surface area contributed by atoms with Crippen LogP contribution in [0.15, 0.2) is 54.6 Å². The van der Waals surface area contributed by atoms with Crippen LogP contribution in [-0.4, -0.2) is 44.0 Å². The third-order valence-electron chi connectivity index (χ3n) is 7.25. The van der Waals surface area contributed by atoms with Crippen LogP contribution < -0.4 is 10.6 Å². The lowest BCUT2D eigenvalue weighted by atomic mass is 9.86. The Kier molecular flexibility index (Phi) is 16.6. The van der Waals surface area contributed by atoms with Crippen molar-refractivity contribution in [1.82, 2.24) is 5.32 Å². The average Bonchev–Trinajstić information content (AvgIpc) is 3.00. The molecule has 0 radical (unpaired) electrons. The van der Waals surface area contributed by atoms with E-state index in [9.17, 15) is 19.2 Å². The van der Waals surface area contributed by atoms with Gasteiger partial charge in [0.25, 0.3) is 0 Å². The number of unbranched alkanes of at least 4 members (excludes halogenated alkanes) is 2. The molecule has 0 bridgehead atoms. The molecule has 0 fully saturated rings. The van der Waals surface area contributed by atoms with Gasteiger partial charge in [-0.2, -0.15) is 0 Å². The average molecular weight is 581 g/mol. The van der Waals surface area contributed by atoms with Crippen molar-refractivity contribution in [2.45, 2.75) is 84.5 Å². The third-order valence-corrected chi connectivity index (χ3v) is 7.25. The monoisotopic (exact) mass is 580 g/mol. The Balaban J connectivity index is 2.11. The Bertz CT molecular complexity index is 1090. The van der Waals surface area contributed by atoms with Crippen LogP contribution in [0.2, 0.25) is 0 Å². The highest BCUT2D eigenvalue weighted by Crippen LogP contribution is 2.25. The molecule has 2 aromatic rings. The molecule has 1 unspecified atom stereocenters. The first-order valence-electron chi connectivity index (χ1n) is 15.3. The lowest BCUT2D eigenvalue weighted by Crippen LogP contribution is -2.38. The molecule has 8 heteroatoms. The van der Waals surface area contributed by atoms with Crippen molar-refractivity contribution in [3.05, 3.63) is 65.7 Å². The van der Waals surface area contributed by atoms with Gasteiger partial charge in [-0.15, -0.1) is 0 Å². The summed E-state index contributed by atoms with van der Waals surface area (Å²) >= 11 is 0. The highest BCUT2D eigenvalue weighted by atomic mass is 16.5. The zero-order valence-electron chi connectivity index (χ0n) is 25.5. The van der Waals surface area contributed by atoms with Gasteiger partial charge >= 0.3 is 11.9 Å². The normalized spacial score (nSPS) is 12.2. The van der Waals surface area contributed by atoms with E-state index in [-0.39, 0.29) is 36.7 Å². The number of para-hydroxylation sites is 1. The van der Waals surface area contributed by atoms with Gasteiger partial charge < -0.3 is 20.1 Å². The number of benzene rings is 2. The zero-order chi connectivity index (χ0) is 30.6. The molecule has 0 aliphatic carbocycles. The number of hydrogen-bond acceptors (Lipinski definition) is 6. The van der Waals surface area contributed by atoms with E-state index in [1.165, 1.54) is 12.7 Å². The smallest absolute Gasteiger partial charge is 0.308 e. The zero-order valence-corrected chi connectivity index (χ0v) is 25.5. The van der Waals surface area contributed by atoms with Crippen molar-refractivity contribution in [1.29, 1.82) is 0 Å². The van der Waals surface area contributed by atoms with Crippen molar-refractivity contribution in [2.75, 3.05) is 25.6 Å². The van der Waals surface area contributed by atoms with E-state index in [1.807, 2.05) is 25.1 Å². The predicted molar refractivity (Wildman–Crippen MR) is 165 cm³/mol. The second kappa shape index (κ2) is 20.2. The van der Waals surface area contributed by atoms with Crippen molar-refractivity contribution >= 4 is 29.4 Å². The number of carbonyl (C=O) groups excluding carboxylic acids is 4. The molecular formula is C34H48N2O6. The summed E-state index contributed by atoms with van der Waals surface area (Å²) < 4.78 is 10.3. The van der Waals surface area contributed by atoms with Gasteiger partial charge in [-0.1, -0.05) is 75.6 Å². The van der Waals surface area contributed by atoms with E-state index in [1.54, 1.807) is 12.1 Å². The van der Waals surface area contributed by atoms with Gasteiger partial charge in [-0.3, -0.25) is 19.2 Å². The maximum atomic E-state index is 13.4.